The smallest absolute Gasteiger partial charge is 0.295 e. The molecule has 1 aromatic heterocycles. The van der Waals surface area contributed by atoms with Crippen molar-refractivity contribution in [1.29, 1.82) is 0 Å². The topological polar surface area (TPSA) is 87.3 Å². The Kier molecular flexibility index (Phi) is 3.40. The molecule has 0 spiro atoms. The van der Waals surface area contributed by atoms with Gasteiger partial charge in [-0.05, 0) is 0 Å². The number of amides is 2. The summed E-state index contributed by atoms with van der Waals surface area (Å²) in [7, 11) is 2.85. The molecule has 0 aliphatic carbocycles. The van der Waals surface area contributed by atoms with E-state index >= 15 is 0 Å². The van der Waals surface area contributed by atoms with Gasteiger partial charge in [-0.15, -0.1) is 0 Å². The Morgan fingerprint density at radius 3 is 2.80 bits per heavy atom. The minimum Gasteiger partial charge on any atom is -0.309 e. The van der Waals surface area contributed by atoms with Gasteiger partial charge in [0.1, 0.15) is 5.69 Å². The molecular weight excluding hydrogens is 200 g/mol. The molecule has 1 rings (SSSR count). The van der Waals surface area contributed by atoms with Gasteiger partial charge in [0.25, 0.3) is 5.91 Å². The lowest BCUT2D eigenvalue weighted by molar-refractivity contribution is -0.114. The standard InChI is InChI=1S/C8H12N4O3/c1-5(13)9-7-4-6(10-11-7)8(14)12(2)15-3/h4H,1-3H3,(H2,9,10,11,13). The van der Waals surface area contributed by atoms with Gasteiger partial charge in [-0.25, -0.2) is 5.06 Å². The van der Waals surface area contributed by atoms with Crippen LogP contribution in [0.4, 0.5) is 5.82 Å². The molecule has 82 valence electrons. The van der Waals surface area contributed by atoms with Crippen LogP contribution in [-0.4, -0.2) is 41.2 Å². The van der Waals surface area contributed by atoms with E-state index in [1.165, 1.54) is 27.1 Å². The molecule has 0 saturated heterocycles. The fourth-order valence-corrected chi connectivity index (χ4v) is 0.928. The summed E-state index contributed by atoms with van der Waals surface area (Å²) in [6.45, 7) is 1.36. The van der Waals surface area contributed by atoms with Crippen molar-refractivity contribution in [3.05, 3.63) is 11.8 Å². The van der Waals surface area contributed by atoms with E-state index in [0.29, 0.717) is 5.82 Å². The average molecular weight is 212 g/mol. The quantitative estimate of drug-likeness (QED) is 0.690. The number of carbonyl (C=O) groups excluding carboxylic acids is 2. The largest absolute Gasteiger partial charge is 0.309 e. The number of carbonyl (C=O) groups is 2. The van der Waals surface area contributed by atoms with Gasteiger partial charge in [0.05, 0.1) is 7.11 Å². The van der Waals surface area contributed by atoms with E-state index in [2.05, 4.69) is 15.5 Å². The number of rotatable bonds is 3. The number of hydrogen-bond donors (Lipinski definition) is 2. The minimum absolute atomic E-state index is 0.239. The second-order valence-electron chi connectivity index (χ2n) is 2.83. The van der Waals surface area contributed by atoms with Gasteiger partial charge in [-0.3, -0.25) is 19.5 Å². The van der Waals surface area contributed by atoms with Crippen LogP contribution in [0.1, 0.15) is 17.4 Å². The summed E-state index contributed by atoms with van der Waals surface area (Å²) in [4.78, 5) is 26.9. The third kappa shape index (κ3) is 2.78. The Hall–Kier alpha value is -1.89. The van der Waals surface area contributed by atoms with Crippen LogP contribution < -0.4 is 5.32 Å². The minimum atomic E-state index is -0.374. The third-order valence-electron chi connectivity index (χ3n) is 1.67. The molecule has 2 N–H and O–H groups in total. The first kappa shape index (κ1) is 11.2. The molecule has 0 aromatic carbocycles. The zero-order chi connectivity index (χ0) is 11.4. The summed E-state index contributed by atoms with van der Waals surface area (Å²) in [6, 6.07) is 1.43. The lowest BCUT2D eigenvalue weighted by atomic mass is 10.4. The summed E-state index contributed by atoms with van der Waals surface area (Å²) in [5.41, 5.74) is 0.239. The van der Waals surface area contributed by atoms with Crippen LogP contribution >= 0.6 is 0 Å². The number of aromatic nitrogens is 2. The van der Waals surface area contributed by atoms with Crippen LogP contribution in [0.15, 0.2) is 6.07 Å². The molecule has 0 atom stereocenters. The monoisotopic (exact) mass is 212 g/mol. The first-order chi connectivity index (χ1) is 7.04. The summed E-state index contributed by atoms with van der Waals surface area (Å²) >= 11 is 0. The second-order valence-corrected chi connectivity index (χ2v) is 2.83. The van der Waals surface area contributed by atoms with E-state index < -0.39 is 0 Å². The maximum absolute atomic E-state index is 11.5. The highest BCUT2D eigenvalue weighted by Crippen LogP contribution is 2.07. The Morgan fingerprint density at radius 1 is 1.60 bits per heavy atom. The molecule has 0 saturated carbocycles. The van der Waals surface area contributed by atoms with E-state index in [0.717, 1.165) is 5.06 Å². The zero-order valence-corrected chi connectivity index (χ0v) is 8.70. The lowest BCUT2D eigenvalue weighted by Gasteiger charge is -2.11. The van der Waals surface area contributed by atoms with Crippen LogP contribution in [0.3, 0.4) is 0 Å². The highest BCUT2D eigenvalue weighted by atomic mass is 16.7. The molecule has 0 bridgehead atoms. The molecule has 0 aliphatic heterocycles. The highest BCUT2D eigenvalue weighted by Gasteiger charge is 2.14. The van der Waals surface area contributed by atoms with E-state index in [4.69, 9.17) is 4.84 Å². The van der Waals surface area contributed by atoms with Crippen molar-refractivity contribution in [1.82, 2.24) is 15.3 Å². The van der Waals surface area contributed by atoms with Crippen molar-refractivity contribution in [2.75, 3.05) is 19.5 Å². The van der Waals surface area contributed by atoms with Crippen molar-refractivity contribution >= 4 is 17.6 Å². The Labute approximate surface area is 86.4 Å². The molecular formula is C8H12N4O3. The second kappa shape index (κ2) is 4.56. The molecule has 1 heterocycles. The van der Waals surface area contributed by atoms with Gasteiger partial charge >= 0.3 is 0 Å². The Morgan fingerprint density at radius 2 is 2.27 bits per heavy atom. The first-order valence-electron chi connectivity index (χ1n) is 4.19. The molecule has 15 heavy (non-hydrogen) atoms. The molecule has 1 aromatic rings. The molecule has 7 heteroatoms. The van der Waals surface area contributed by atoms with Crippen LogP contribution in [0.5, 0.6) is 0 Å². The molecule has 2 amide bonds. The summed E-state index contributed by atoms with van der Waals surface area (Å²) in [6.07, 6.45) is 0. The molecule has 0 fully saturated rings. The van der Waals surface area contributed by atoms with Crippen LogP contribution in [0.25, 0.3) is 0 Å². The lowest BCUT2D eigenvalue weighted by Crippen LogP contribution is -2.25. The first-order valence-corrected chi connectivity index (χ1v) is 4.19. The Bertz CT molecular complexity index is 374. The van der Waals surface area contributed by atoms with E-state index in [1.54, 1.807) is 0 Å². The van der Waals surface area contributed by atoms with Gasteiger partial charge in [-0.1, -0.05) is 0 Å². The van der Waals surface area contributed by atoms with E-state index in [-0.39, 0.29) is 17.5 Å². The van der Waals surface area contributed by atoms with Crippen LogP contribution in [-0.2, 0) is 9.63 Å². The molecule has 7 nitrogen and oxygen atoms in total. The normalized spacial score (nSPS) is 9.80. The van der Waals surface area contributed by atoms with Gasteiger partial charge in [-0.2, -0.15) is 5.10 Å². The number of nitrogens with one attached hydrogen (secondary N) is 2. The van der Waals surface area contributed by atoms with Crippen molar-refractivity contribution in [2.24, 2.45) is 0 Å². The number of aromatic amines is 1. The number of nitrogens with zero attached hydrogens (tertiary/aromatic N) is 2. The van der Waals surface area contributed by atoms with E-state index in [9.17, 15) is 9.59 Å². The van der Waals surface area contributed by atoms with Gasteiger partial charge < -0.3 is 5.32 Å². The fraction of sp³-hybridized carbons (Fsp3) is 0.375. The summed E-state index contributed by atoms with van der Waals surface area (Å²) in [5.74, 6) is -0.322. The van der Waals surface area contributed by atoms with Crippen molar-refractivity contribution in [3.63, 3.8) is 0 Å². The van der Waals surface area contributed by atoms with Crippen molar-refractivity contribution < 1.29 is 14.4 Å². The number of anilines is 1. The fourth-order valence-electron chi connectivity index (χ4n) is 0.928. The number of hydroxylamine groups is 2. The highest BCUT2D eigenvalue weighted by molar-refractivity contribution is 5.94. The average Bonchev–Trinajstić information content (AvgIpc) is 2.63. The predicted molar refractivity (Wildman–Crippen MR) is 52.0 cm³/mol. The SMILES string of the molecule is CON(C)C(=O)c1cc(NC(C)=O)n[nH]1. The van der Waals surface area contributed by atoms with Crippen molar-refractivity contribution in [2.45, 2.75) is 6.92 Å². The van der Waals surface area contributed by atoms with Gasteiger partial charge in [0, 0.05) is 20.0 Å². The maximum Gasteiger partial charge on any atom is 0.295 e. The summed E-state index contributed by atoms with van der Waals surface area (Å²) in [5, 5.41) is 9.72. The third-order valence-corrected chi connectivity index (χ3v) is 1.67. The number of H-pyrrole nitrogens is 1. The van der Waals surface area contributed by atoms with Crippen LogP contribution in [0, 0.1) is 0 Å². The van der Waals surface area contributed by atoms with Gasteiger partial charge in [0.15, 0.2) is 5.82 Å². The van der Waals surface area contributed by atoms with Crippen LogP contribution in [0.2, 0.25) is 0 Å². The Balaban J connectivity index is 2.75. The predicted octanol–water partition coefficient (Wildman–Crippen LogP) is 0.00150. The van der Waals surface area contributed by atoms with E-state index in [1.807, 2.05) is 0 Å². The summed E-state index contributed by atoms with van der Waals surface area (Å²) < 4.78 is 0. The van der Waals surface area contributed by atoms with Crippen molar-refractivity contribution in [3.8, 4) is 0 Å². The maximum atomic E-state index is 11.5. The molecule has 0 radical (unpaired) electrons. The zero-order valence-electron chi connectivity index (χ0n) is 8.70. The number of hydrogen-bond acceptors (Lipinski definition) is 4. The van der Waals surface area contributed by atoms with Gasteiger partial charge in [0.2, 0.25) is 5.91 Å². The molecule has 0 unspecified atom stereocenters. The molecule has 0 aliphatic rings.